The summed E-state index contributed by atoms with van der Waals surface area (Å²) in [5.41, 5.74) is 1.04. The van der Waals surface area contributed by atoms with Crippen LogP contribution in [0.1, 0.15) is 50.6 Å². The zero-order valence-corrected chi connectivity index (χ0v) is 24.5. The Hall–Kier alpha value is -1.39. The number of nitrogens with one attached hydrogen (secondary N) is 1. The van der Waals surface area contributed by atoms with Gasteiger partial charge in [-0.25, -0.2) is 8.42 Å². The summed E-state index contributed by atoms with van der Waals surface area (Å²) in [5.74, 6) is -0.230. The minimum Gasteiger partial charge on any atom is -0.367 e. The number of benzene rings is 2. The second kappa shape index (κ2) is 13.3. The van der Waals surface area contributed by atoms with E-state index < -0.39 is 22.2 Å². The zero-order valence-electron chi connectivity index (χ0n) is 21.4. The van der Waals surface area contributed by atoms with Crippen molar-refractivity contribution in [3.8, 4) is 0 Å². The number of carbonyl (C=O) groups is 1. The number of rotatable bonds is 10. The van der Waals surface area contributed by atoms with Crippen LogP contribution in [0.3, 0.4) is 0 Å². The summed E-state index contributed by atoms with van der Waals surface area (Å²) in [6.45, 7) is 4.89. The van der Waals surface area contributed by atoms with Crippen LogP contribution in [0, 0.1) is 0 Å². The molecule has 2 fully saturated rings. The number of amides is 1. The van der Waals surface area contributed by atoms with Gasteiger partial charge in [-0.2, -0.15) is 4.31 Å². The highest BCUT2D eigenvalue weighted by molar-refractivity contribution is 7.89. The summed E-state index contributed by atoms with van der Waals surface area (Å²) in [7, 11) is -4.00. The lowest BCUT2D eigenvalue weighted by Crippen LogP contribution is -2.48. The van der Waals surface area contributed by atoms with Crippen molar-refractivity contribution in [2.75, 3.05) is 32.8 Å². The van der Waals surface area contributed by atoms with E-state index in [4.69, 9.17) is 39.5 Å². The molecule has 0 bridgehead atoms. The number of piperidine rings is 1. The van der Waals surface area contributed by atoms with Crippen molar-refractivity contribution in [3.63, 3.8) is 0 Å². The molecule has 208 valence electrons. The van der Waals surface area contributed by atoms with E-state index in [1.807, 2.05) is 30.3 Å². The lowest BCUT2D eigenvalue weighted by atomic mass is 10.1. The first-order valence-corrected chi connectivity index (χ1v) is 15.6. The monoisotopic (exact) mass is 601 g/mol. The van der Waals surface area contributed by atoms with Crippen LogP contribution < -0.4 is 5.32 Å². The van der Waals surface area contributed by atoms with E-state index in [-0.39, 0.29) is 38.5 Å². The molecule has 7 nitrogen and oxygen atoms in total. The van der Waals surface area contributed by atoms with E-state index >= 15 is 0 Å². The predicted octanol–water partition coefficient (Wildman–Crippen LogP) is 5.55. The largest absolute Gasteiger partial charge is 0.367 e. The molecular weight excluding hydrogens is 569 g/mol. The molecule has 3 unspecified atom stereocenters. The highest BCUT2D eigenvalue weighted by Crippen LogP contribution is 2.36. The third-order valence-corrected chi connectivity index (χ3v) is 10.3. The van der Waals surface area contributed by atoms with Gasteiger partial charge in [-0.3, -0.25) is 4.79 Å². The Labute approximate surface area is 240 Å². The van der Waals surface area contributed by atoms with Crippen LogP contribution in [0.15, 0.2) is 47.4 Å². The van der Waals surface area contributed by atoms with Gasteiger partial charge >= 0.3 is 0 Å². The van der Waals surface area contributed by atoms with Gasteiger partial charge in [0.05, 0.1) is 22.7 Å². The summed E-state index contributed by atoms with van der Waals surface area (Å²) in [6, 6.07) is 12.1. The van der Waals surface area contributed by atoms with Crippen molar-refractivity contribution in [2.45, 2.75) is 62.1 Å². The van der Waals surface area contributed by atoms with Gasteiger partial charge in [0.1, 0.15) is 11.0 Å². The van der Waals surface area contributed by atoms with E-state index in [2.05, 4.69) is 10.2 Å². The van der Waals surface area contributed by atoms with Crippen LogP contribution in [0.2, 0.25) is 15.1 Å². The highest BCUT2D eigenvalue weighted by Gasteiger charge is 2.37. The molecule has 2 heterocycles. The Kier molecular flexibility index (Phi) is 10.4. The summed E-state index contributed by atoms with van der Waals surface area (Å²) in [4.78, 5) is 15.4. The third kappa shape index (κ3) is 7.22. The van der Waals surface area contributed by atoms with Crippen molar-refractivity contribution in [1.29, 1.82) is 0 Å². The topological polar surface area (TPSA) is 78.9 Å². The van der Waals surface area contributed by atoms with Crippen molar-refractivity contribution < 1.29 is 17.9 Å². The Bertz CT molecular complexity index is 1190. The van der Waals surface area contributed by atoms with E-state index in [0.29, 0.717) is 19.4 Å². The molecule has 2 aliphatic heterocycles. The van der Waals surface area contributed by atoms with Gasteiger partial charge in [-0.1, -0.05) is 71.6 Å². The molecule has 0 aliphatic carbocycles. The molecule has 2 aliphatic rings. The number of hydrogen-bond acceptors (Lipinski definition) is 5. The summed E-state index contributed by atoms with van der Waals surface area (Å²) >= 11 is 18.5. The van der Waals surface area contributed by atoms with E-state index in [9.17, 15) is 13.2 Å². The van der Waals surface area contributed by atoms with Gasteiger partial charge in [0.15, 0.2) is 0 Å². The maximum Gasteiger partial charge on any atom is 0.249 e. The second-order valence-corrected chi connectivity index (χ2v) is 13.0. The Morgan fingerprint density at radius 3 is 2.32 bits per heavy atom. The molecule has 2 aromatic carbocycles. The standard InChI is InChI=1S/C27H34Cl3N3O4S/c1-19(27(34)31-25(17-32-12-7-8-13-32)20-9-3-2-4-10-20)37-18-22-11-5-6-14-33(22)38(35,36)26-23(29)15-21(28)16-24(26)30/h2-4,9-10,15-16,19,22,25H,5-8,11-14,17-18H2,1H3,(H,31,34). The molecule has 1 N–H and O–H groups in total. The number of ether oxygens (including phenoxy) is 1. The SMILES string of the molecule is CC(OCC1CCCCN1S(=O)(=O)c1c(Cl)cc(Cl)cc1Cl)C(=O)NC(CN1CCCC1)c1ccccc1. The lowest BCUT2D eigenvalue weighted by molar-refractivity contribution is -0.133. The van der Waals surface area contributed by atoms with Crippen molar-refractivity contribution in [2.24, 2.45) is 0 Å². The van der Waals surface area contributed by atoms with Gasteiger partial charge in [0.2, 0.25) is 15.9 Å². The first-order chi connectivity index (χ1) is 18.2. The molecule has 2 aromatic rings. The average molecular weight is 603 g/mol. The van der Waals surface area contributed by atoms with Crippen LogP contribution in [0.5, 0.6) is 0 Å². The number of halogens is 3. The first-order valence-electron chi connectivity index (χ1n) is 13.0. The molecular formula is C27H34Cl3N3O4S. The molecule has 38 heavy (non-hydrogen) atoms. The number of likely N-dealkylation sites (tertiary alicyclic amines) is 1. The minimum absolute atomic E-state index is 0.0227. The highest BCUT2D eigenvalue weighted by atomic mass is 35.5. The molecule has 1 amide bonds. The summed E-state index contributed by atoms with van der Waals surface area (Å²) < 4.78 is 34.5. The van der Waals surface area contributed by atoms with Gasteiger partial charge in [-0.15, -0.1) is 0 Å². The quantitative estimate of drug-likeness (QED) is 0.386. The maximum atomic E-state index is 13.6. The van der Waals surface area contributed by atoms with Crippen molar-refractivity contribution in [3.05, 3.63) is 63.1 Å². The van der Waals surface area contributed by atoms with Crippen LogP contribution in [0.25, 0.3) is 0 Å². The first kappa shape index (κ1) is 29.6. The molecule has 0 saturated carbocycles. The van der Waals surface area contributed by atoms with Crippen LogP contribution in [-0.2, 0) is 19.6 Å². The van der Waals surface area contributed by atoms with Crippen molar-refractivity contribution in [1.82, 2.24) is 14.5 Å². The Morgan fingerprint density at radius 2 is 1.66 bits per heavy atom. The summed E-state index contributed by atoms with van der Waals surface area (Å²) in [6.07, 6.45) is 3.76. The second-order valence-electron chi connectivity index (χ2n) is 9.92. The number of sulfonamides is 1. The van der Waals surface area contributed by atoms with Crippen LogP contribution in [-0.4, -0.2) is 68.5 Å². The van der Waals surface area contributed by atoms with Crippen LogP contribution >= 0.6 is 34.8 Å². The third-order valence-electron chi connectivity index (χ3n) is 7.17. The van der Waals surface area contributed by atoms with E-state index in [0.717, 1.165) is 31.6 Å². The average Bonchev–Trinajstić information content (AvgIpc) is 3.40. The maximum absolute atomic E-state index is 13.6. The molecule has 3 atom stereocenters. The number of nitrogens with zero attached hydrogens (tertiary/aromatic N) is 2. The predicted molar refractivity (Wildman–Crippen MR) is 151 cm³/mol. The van der Waals surface area contributed by atoms with Crippen LogP contribution in [0.4, 0.5) is 0 Å². The fraction of sp³-hybridized carbons (Fsp3) is 0.519. The smallest absolute Gasteiger partial charge is 0.249 e. The molecule has 0 spiro atoms. The van der Waals surface area contributed by atoms with Gasteiger partial charge in [-0.05, 0) is 63.4 Å². The van der Waals surface area contributed by atoms with Crippen molar-refractivity contribution >= 4 is 50.7 Å². The molecule has 11 heteroatoms. The van der Waals surface area contributed by atoms with E-state index in [1.54, 1.807) is 6.92 Å². The van der Waals surface area contributed by atoms with Gasteiger partial charge < -0.3 is 15.0 Å². The Balaban J connectivity index is 1.42. The molecule has 0 radical (unpaired) electrons. The zero-order chi connectivity index (χ0) is 27.3. The summed E-state index contributed by atoms with van der Waals surface area (Å²) in [5, 5.41) is 3.36. The minimum atomic E-state index is -4.00. The molecule has 0 aromatic heterocycles. The normalized spacial score (nSPS) is 20.8. The number of carbonyl (C=O) groups excluding carboxylic acids is 1. The van der Waals surface area contributed by atoms with E-state index in [1.165, 1.54) is 29.3 Å². The fourth-order valence-electron chi connectivity index (χ4n) is 5.11. The Morgan fingerprint density at radius 1 is 1.03 bits per heavy atom. The fourth-order valence-corrected chi connectivity index (χ4v) is 8.29. The van der Waals surface area contributed by atoms with Gasteiger partial charge in [0, 0.05) is 24.2 Å². The molecule has 4 rings (SSSR count). The van der Waals surface area contributed by atoms with Gasteiger partial charge in [0.25, 0.3) is 0 Å². The molecule has 2 saturated heterocycles. The number of hydrogen-bond donors (Lipinski definition) is 1. The lowest BCUT2D eigenvalue weighted by Gasteiger charge is -2.35.